The van der Waals surface area contributed by atoms with Crippen molar-refractivity contribution in [1.82, 2.24) is 0 Å². The van der Waals surface area contributed by atoms with Crippen LogP contribution in [0, 0.1) is 6.92 Å². The third-order valence-electron chi connectivity index (χ3n) is 9.16. The number of hydrogen-bond donors (Lipinski definition) is 0. The maximum atomic E-state index is 2.43. The Labute approximate surface area is 252 Å². The summed E-state index contributed by atoms with van der Waals surface area (Å²) in [4.78, 5) is 0. The molecule has 0 bridgehead atoms. The Morgan fingerprint density at radius 1 is 0.372 bits per heavy atom. The molecule has 0 N–H and O–H groups in total. The Morgan fingerprint density at radius 2 is 0.837 bits per heavy atom. The summed E-state index contributed by atoms with van der Waals surface area (Å²) < 4.78 is 0. The fraction of sp³-hybridized carbons (Fsp3) is 0.0698. The molecule has 204 valence electrons. The average Bonchev–Trinajstić information content (AvgIpc) is 3.06. The molecule has 0 amide bonds. The van der Waals surface area contributed by atoms with E-state index >= 15 is 0 Å². The summed E-state index contributed by atoms with van der Waals surface area (Å²) in [6, 6.07) is 54.1. The van der Waals surface area contributed by atoms with Crippen LogP contribution in [0.5, 0.6) is 0 Å². The van der Waals surface area contributed by atoms with E-state index in [0.29, 0.717) is 0 Å². The number of rotatable bonds is 4. The first-order chi connectivity index (χ1) is 21.2. The lowest BCUT2D eigenvalue weighted by molar-refractivity contribution is 1.11. The van der Waals surface area contributed by atoms with E-state index in [0.717, 1.165) is 6.42 Å². The first-order valence-electron chi connectivity index (χ1n) is 15.2. The van der Waals surface area contributed by atoms with Gasteiger partial charge in [-0.25, -0.2) is 0 Å². The van der Waals surface area contributed by atoms with Gasteiger partial charge in [-0.15, -0.1) is 0 Å². The predicted octanol–water partition coefficient (Wildman–Crippen LogP) is 12.2. The maximum absolute atomic E-state index is 2.43. The molecular formula is C43H32. The molecule has 0 aromatic heterocycles. The van der Waals surface area contributed by atoms with Gasteiger partial charge in [-0.1, -0.05) is 134 Å². The SMILES string of the molecule is CCc1ccc(-c2ccc3c(-c4ccc5ccccc5c4)c4ccccc4c(-c4ccc5ccccc5c4)c3c2)cc1C. The highest BCUT2D eigenvalue weighted by Crippen LogP contribution is 2.45. The molecule has 8 aromatic rings. The van der Waals surface area contributed by atoms with Crippen molar-refractivity contribution in [2.24, 2.45) is 0 Å². The molecule has 0 nitrogen and oxygen atoms in total. The van der Waals surface area contributed by atoms with E-state index < -0.39 is 0 Å². The second kappa shape index (κ2) is 10.3. The summed E-state index contributed by atoms with van der Waals surface area (Å²) in [7, 11) is 0. The van der Waals surface area contributed by atoms with Gasteiger partial charge in [-0.05, 0) is 119 Å². The molecule has 8 rings (SSSR count). The quantitative estimate of drug-likeness (QED) is 0.192. The average molecular weight is 549 g/mol. The Bertz CT molecular complexity index is 2340. The summed E-state index contributed by atoms with van der Waals surface area (Å²) in [6.07, 6.45) is 1.05. The summed E-state index contributed by atoms with van der Waals surface area (Å²) in [5.41, 5.74) is 10.4. The van der Waals surface area contributed by atoms with Crippen LogP contribution in [-0.2, 0) is 6.42 Å². The van der Waals surface area contributed by atoms with Crippen LogP contribution in [0.2, 0.25) is 0 Å². The fourth-order valence-electron chi connectivity index (χ4n) is 6.94. The standard InChI is InChI=1S/C43H32/c1-3-29-16-19-34(24-28(29)2)35-22-23-40-41(27-35)43(37-21-18-31-11-5-7-13-33(31)26-37)39-15-9-8-14-38(39)42(40)36-20-17-30-10-4-6-12-32(30)25-36/h4-27H,3H2,1-2H3. The molecule has 0 aliphatic carbocycles. The van der Waals surface area contributed by atoms with Gasteiger partial charge in [0.2, 0.25) is 0 Å². The van der Waals surface area contributed by atoms with Gasteiger partial charge in [0, 0.05) is 0 Å². The van der Waals surface area contributed by atoms with E-state index in [-0.39, 0.29) is 0 Å². The molecule has 0 aliphatic heterocycles. The van der Waals surface area contributed by atoms with Crippen molar-refractivity contribution in [2.75, 3.05) is 0 Å². The van der Waals surface area contributed by atoms with Crippen LogP contribution in [0.4, 0.5) is 0 Å². The van der Waals surface area contributed by atoms with Crippen LogP contribution in [0.15, 0.2) is 146 Å². The van der Waals surface area contributed by atoms with Gasteiger partial charge in [-0.3, -0.25) is 0 Å². The van der Waals surface area contributed by atoms with Crippen molar-refractivity contribution in [3.05, 3.63) is 157 Å². The smallest absolute Gasteiger partial charge is 0.00259 e. The highest BCUT2D eigenvalue weighted by Gasteiger charge is 2.18. The molecular weight excluding hydrogens is 516 g/mol. The number of hydrogen-bond acceptors (Lipinski definition) is 0. The summed E-state index contributed by atoms with van der Waals surface area (Å²) >= 11 is 0. The van der Waals surface area contributed by atoms with Crippen LogP contribution < -0.4 is 0 Å². The third-order valence-corrected chi connectivity index (χ3v) is 9.16. The molecule has 8 aromatic carbocycles. The summed E-state index contributed by atoms with van der Waals surface area (Å²) in [6.45, 7) is 4.46. The second-order valence-electron chi connectivity index (χ2n) is 11.7. The Kier molecular flexibility index (Phi) is 6.09. The lowest BCUT2D eigenvalue weighted by atomic mass is 9.84. The van der Waals surface area contributed by atoms with E-state index in [1.54, 1.807) is 0 Å². The monoisotopic (exact) mass is 548 g/mol. The van der Waals surface area contributed by atoms with Gasteiger partial charge in [0.25, 0.3) is 0 Å². The number of fused-ring (bicyclic) bond motifs is 4. The molecule has 0 aliphatic rings. The Balaban J connectivity index is 1.48. The largest absolute Gasteiger partial charge is 0.0616 e. The fourth-order valence-corrected chi connectivity index (χ4v) is 6.94. The highest BCUT2D eigenvalue weighted by molar-refractivity contribution is 6.22. The molecule has 0 atom stereocenters. The zero-order valence-corrected chi connectivity index (χ0v) is 24.6. The zero-order chi connectivity index (χ0) is 28.9. The van der Waals surface area contributed by atoms with Crippen LogP contribution in [0.3, 0.4) is 0 Å². The molecule has 0 heteroatoms. The van der Waals surface area contributed by atoms with Crippen molar-refractivity contribution < 1.29 is 0 Å². The van der Waals surface area contributed by atoms with E-state index in [1.807, 2.05) is 0 Å². The van der Waals surface area contributed by atoms with Crippen LogP contribution >= 0.6 is 0 Å². The second-order valence-corrected chi connectivity index (χ2v) is 11.7. The Morgan fingerprint density at radius 3 is 1.42 bits per heavy atom. The molecule has 0 saturated heterocycles. The molecule has 0 heterocycles. The highest BCUT2D eigenvalue weighted by atomic mass is 14.2. The molecule has 0 fully saturated rings. The van der Waals surface area contributed by atoms with Crippen LogP contribution in [0.25, 0.3) is 76.5 Å². The first-order valence-corrected chi connectivity index (χ1v) is 15.2. The first kappa shape index (κ1) is 25.5. The topological polar surface area (TPSA) is 0 Å². The van der Waals surface area contributed by atoms with Gasteiger partial charge >= 0.3 is 0 Å². The van der Waals surface area contributed by atoms with E-state index in [4.69, 9.17) is 0 Å². The Hall–Kier alpha value is -5.20. The minimum atomic E-state index is 1.05. The normalized spacial score (nSPS) is 11.6. The van der Waals surface area contributed by atoms with Crippen molar-refractivity contribution in [2.45, 2.75) is 20.3 Å². The van der Waals surface area contributed by atoms with E-state index in [1.165, 1.54) is 87.6 Å². The van der Waals surface area contributed by atoms with Crippen molar-refractivity contribution in [1.29, 1.82) is 0 Å². The zero-order valence-electron chi connectivity index (χ0n) is 24.6. The lowest BCUT2D eigenvalue weighted by Gasteiger charge is -2.19. The van der Waals surface area contributed by atoms with Crippen LogP contribution in [0.1, 0.15) is 18.1 Å². The van der Waals surface area contributed by atoms with Crippen molar-refractivity contribution >= 4 is 43.1 Å². The summed E-state index contributed by atoms with van der Waals surface area (Å²) in [5, 5.41) is 10.2. The van der Waals surface area contributed by atoms with Gasteiger partial charge in [0.1, 0.15) is 0 Å². The van der Waals surface area contributed by atoms with Crippen LogP contribution in [-0.4, -0.2) is 0 Å². The predicted molar refractivity (Wildman–Crippen MR) is 187 cm³/mol. The maximum Gasteiger partial charge on any atom is -0.00259 e. The third kappa shape index (κ3) is 4.30. The number of benzene rings is 8. The van der Waals surface area contributed by atoms with E-state index in [9.17, 15) is 0 Å². The van der Waals surface area contributed by atoms with Crippen molar-refractivity contribution in [3.63, 3.8) is 0 Å². The van der Waals surface area contributed by atoms with Gasteiger partial charge in [0.05, 0.1) is 0 Å². The van der Waals surface area contributed by atoms with Gasteiger partial charge in [0.15, 0.2) is 0 Å². The lowest BCUT2D eigenvalue weighted by Crippen LogP contribution is -1.93. The molecule has 43 heavy (non-hydrogen) atoms. The van der Waals surface area contributed by atoms with E-state index in [2.05, 4.69) is 159 Å². The van der Waals surface area contributed by atoms with Gasteiger partial charge < -0.3 is 0 Å². The van der Waals surface area contributed by atoms with Gasteiger partial charge in [-0.2, -0.15) is 0 Å². The molecule has 0 radical (unpaired) electrons. The minimum absolute atomic E-state index is 1.05. The molecule has 0 saturated carbocycles. The molecule has 0 spiro atoms. The summed E-state index contributed by atoms with van der Waals surface area (Å²) in [5.74, 6) is 0. The number of aryl methyl sites for hydroxylation is 2. The minimum Gasteiger partial charge on any atom is -0.0616 e. The van der Waals surface area contributed by atoms with Crippen molar-refractivity contribution in [3.8, 4) is 33.4 Å². The molecule has 0 unspecified atom stereocenters.